The molecule has 3 aliphatic rings. The Morgan fingerprint density at radius 3 is 2.60 bits per heavy atom. The predicted octanol–water partition coefficient (Wildman–Crippen LogP) is 0.694. The first-order chi connectivity index (χ1) is 9.63. The van der Waals surface area contributed by atoms with Gasteiger partial charge in [0.25, 0.3) is 5.91 Å². The molecule has 1 aromatic rings. The Kier molecular flexibility index (Phi) is 3.67. The molecule has 108 valence electrons. The van der Waals surface area contributed by atoms with Crippen LogP contribution in [0.5, 0.6) is 0 Å². The van der Waals surface area contributed by atoms with Gasteiger partial charge in [0.15, 0.2) is 0 Å². The number of fused-ring (bicyclic) bond motifs is 3. The predicted molar refractivity (Wildman–Crippen MR) is 70.5 cm³/mol. The molecule has 3 fully saturated rings. The van der Waals surface area contributed by atoms with E-state index in [1.54, 1.807) is 0 Å². The number of piperazine rings is 3. The van der Waals surface area contributed by atoms with E-state index in [2.05, 4.69) is 15.1 Å². The van der Waals surface area contributed by atoms with Crippen molar-refractivity contribution in [2.24, 2.45) is 0 Å². The van der Waals surface area contributed by atoms with Crippen LogP contribution >= 0.6 is 0 Å². The maximum absolute atomic E-state index is 13.5. The molecule has 0 saturated carbocycles. The Morgan fingerprint density at radius 1 is 1.25 bits per heavy atom. The number of nitrogens with one attached hydrogen (secondary N) is 1. The molecule has 2 bridgehead atoms. The van der Waals surface area contributed by atoms with E-state index in [1.807, 2.05) is 0 Å². The van der Waals surface area contributed by atoms with Gasteiger partial charge in [-0.25, -0.2) is 8.78 Å². The highest BCUT2D eigenvalue weighted by Crippen LogP contribution is 2.15. The molecule has 0 aliphatic carbocycles. The van der Waals surface area contributed by atoms with E-state index in [1.165, 1.54) is 6.07 Å². The normalized spacial score (nSPS) is 28.4. The number of halogens is 2. The van der Waals surface area contributed by atoms with Gasteiger partial charge in [-0.05, 0) is 12.1 Å². The lowest BCUT2D eigenvalue weighted by atomic mass is 10.1. The van der Waals surface area contributed by atoms with E-state index in [0.29, 0.717) is 6.54 Å². The van der Waals surface area contributed by atoms with Crippen LogP contribution in [0, 0.1) is 11.6 Å². The van der Waals surface area contributed by atoms with E-state index in [4.69, 9.17) is 0 Å². The van der Waals surface area contributed by atoms with Crippen LogP contribution in [0.15, 0.2) is 18.2 Å². The summed E-state index contributed by atoms with van der Waals surface area (Å²) in [5.41, 5.74) is -0.109. The molecule has 3 saturated heterocycles. The van der Waals surface area contributed by atoms with Gasteiger partial charge < -0.3 is 5.32 Å². The smallest absolute Gasteiger partial charge is 0.254 e. The van der Waals surface area contributed by atoms with Crippen LogP contribution in [0.4, 0.5) is 8.78 Å². The number of carbonyl (C=O) groups excluding carboxylic acids is 1. The molecule has 1 unspecified atom stereocenters. The standard InChI is InChI=1S/C14H17F2N3O/c15-10-1-2-12(13(16)7-10)14(20)17-8-11-9-18-3-5-19(11)6-4-18/h1-2,7,11H,3-6,8-9H2,(H,17,20). The molecule has 20 heavy (non-hydrogen) atoms. The van der Waals surface area contributed by atoms with Crippen molar-refractivity contribution >= 4 is 5.91 Å². The van der Waals surface area contributed by atoms with Crippen LogP contribution in [0.1, 0.15) is 10.4 Å². The summed E-state index contributed by atoms with van der Waals surface area (Å²) < 4.78 is 26.3. The lowest BCUT2D eigenvalue weighted by Gasteiger charge is -2.47. The Morgan fingerprint density at radius 2 is 2.00 bits per heavy atom. The largest absolute Gasteiger partial charge is 0.350 e. The van der Waals surface area contributed by atoms with Crippen LogP contribution in [0.2, 0.25) is 0 Å². The highest BCUT2D eigenvalue weighted by molar-refractivity contribution is 5.94. The number of benzene rings is 1. The Bertz CT molecular complexity index is 515. The van der Waals surface area contributed by atoms with Crippen LogP contribution < -0.4 is 5.32 Å². The van der Waals surface area contributed by atoms with Crippen LogP contribution in [-0.2, 0) is 0 Å². The summed E-state index contributed by atoms with van der Waals surface area (Å²) in [4.78, 5) is 16.6. The van der Waals surface area contributed by atoms with Gasteiger partial charge >= 0.3 is 0 Å². The minimum absolute atomic E-state index is 0.109. The van der Waals surface area contributed by atoms with Gasteiger partial charge in [-0.15, -0.1) is 0 Å². The van der Waals surface area contributed by atoms with Crippen molar-refractivity contribution in [1.82, 2.24) is 15.1 Å². The molecule has 1 amide bonds. The summed E-state index contributed by atoms with van der Waals surface area (Å²) in [6.07, 6.45) is 0. The van der Waals surface area contributed by atoms with Crippen LogP contribution in [0.3, 0.4) is 0 Å². The van der Waals surface area contributed by atoms with E-state index in [-0.39, 0.29) is 11.6 Å². The third-order valence-corrected chi connectivity index (χ3v) is 4.07. The van der Waals surface area contributed by atoms with E-state index in [0.717, 1.165) is 44.9 Å². The average molecular weight is 281 g/mol. The third kappa shape index (κ3) is 2.66. The van der Waals surface area contributed by atoms with Crippen molar-refractivity contribution in [3.63, 3.8) is 0 Å². The van der Waals surface area contributed by atoms with Crippen molar-refractivity contribution in [1.29, 1.82) is 0 Å². The van der Waals surface area contributed by atoms with Gasteiger partial charge in [0.1, 0.15) is 11.6 Å². The quantitative estimate of drug-likeness (QED) is 0.885. The van der Waals surface area contributed by atoms with Crippen LogP contribution in [-0.4, -0.2) is 61.0 Å². The molecule has 0 radical (unpaired) electrons. The molecule has 3 aliphatic heterocycles. The summed E-state index contributed by atoms with van der Waals surface area (Å²) in [5, 5.41) is 2.74. The number of hydrogen-bond acceptors (Lipinski definition) is 3. The molecule has 0 aromatic heterocycles. The zero-order valence-corrected chi connectivity index (χ0v) is 11.1. The molecular weight excluding hydrogens is 264 g/mol. The molecule has 1 N–H and O–H groups in total. The van der Waals surface area contributed by atoms with Crippen molar-refractivity contribution in [2.45, 2.75) is 6.04 Å². The maximum Gasteiger partial charge on any atom is 0.254 e. The number of carbonyl (C=O) groups is 1. The third-order valence-electron chi connectivity index (χ3n) is 4.07. The van der Waals surface area contributed by atoms with Crippen LogP contribution in [0.25, 0.3) is 0 Å². The van der Waals surface area contributed by atoms with Crippen molar-refractivity contribution in [3.8, 4) is 0 Å². The summed E-state index contributed by atoms with van der Waals surface area (Å²) in [6.45, 7) is 5.63. The highest BCUT2D eigenvalue weighted by Gasteiger charge is 2.31. The summed E-state index contributed by atoms with van der Waals surface area (Å²) >= 11 is 0. The number of hydrogen-bond donors (Lipinski definition) is 1. The molecule has 0 spiro atoms. The van der Waals surface area contributed by atoms with Gasteiger partial charge in [-0.1, -0.05) is 0 Å². The van der Waals surface area contributed by atoms with Gasteiger partial charge in [-0.3, -0.25) is 14.6 Å². The zero-order valence-electron chi connectivity index (χ0n) is 11.1. The maximum atomic E-state index is 13.5. The minimum atomic E-state index is -0.822. The molecule has 3 heterocycles. The van der Waals surface area contributed by atoms with Gasteiger partial charge in [-0.2, -0.15) is 0 Å². The fraction of sp³-hybridized carbons (Fsp3) is 0.500. The SMILES string of the molecule is O=C(NCC1CN2CCN1CC2)c1ccc(F)cc1F. The van der Waals surface area contributed by atoms with Crippen molar-refractivity contribution in [2.75, 3.05) is 39.3 Å². The Labute approximate surface area is 116 Å². The first kappa shape index (κ1) is 13.5. The number of amides is 1. The number of nitrogens with zero attached hydrogens (tertiary/aromatic N) is 2. The zero-order chi connectivity index (χ0) is 14.1. The van der Waals surface area contributed by atoms with Crippen molar-refractivity contribution in [3.05, 3.63) is 35.4 Å². The van der Waals surface area contributed by atoms with Gasteiger partial charge in [0, 0.05) is 51.4 Å². The summed E-state index contributed by atoms with van der Waals surface area (Å²) in [6, 6.07) is 3.28. The minimum Gasteiger partial charge on any atom is -0.350 e. The monoisotopic (exact) mass is 281 g/mol. The molecule has 4 nitrogen and oxygen atoms in total. The first-order valence-electron chi connectivity index (χ1n) is 6.83. The highest BCUT2D eigenvalue weighted by atomic mass is 19.1. The van der Waals surface area contributed by atoms with E-state index in [9.17, 15) is 13.6 Å². The topological polar surface area (TPSA) is 35.6 Å². The Balaban J connectivity index is 1.59. The fourth-order valence-electron chi connectivity index (χ4n) is 2.90. The lowest BCUT2D eigenvalue weighted by molar-refractivity contribution is 0.0138. The summed E-state index contributed by atoms with van der Waals surface area (Å²) in [7, 11) is 0. The second-order valence-electron chi connectivity index (χ2n) is 5.32. The lowest BCUT2D eigenvalue weighted by Crippen LogP contribution is -2.63. The molecule has 1 aromatic carbocycles. The Hall–Kier alpha value is -1.53. The number of rotatable bonds is 3. The fourth-order valence-corrected chi connectivity index (χ4v) is 2.90. The molecular formula is C14H17F2N3O. The first-order valence-corrected chi connectivity index (χ1v) is 6.83. The van der Waals surface area contributed by atoms with Gasteiger partial charge in [0.2, 0.25) is 0 Å². The van der Waals surface area contributed by atoms with E-state index < -0.39 is 17.5 Å². The van der Waals surface area contributed by atoms with Crippen molar-refractivity contribution < 1.29 is 13.6 Å². The second-order valence-corrected chi connectivity index (χ2v) is 5.32. The van der Waals surface area contributed by atoms with E-state index >= 15 is 0 Å². The average Bonchev–Trinajstić information content (AvgIpc) is 2.46. The molecule has 1 atom stereocenters. The second kappa shape index (κ2) is 5.46. The molecule has 4 rings (SSSR count). The van der Waals surface area contributed by atoms with Gasteiger partial charge in [0.05, 0.1) is 5.56 Å². The summed E-state index contributed by atoms with van der Waals surface area (Å²) in [5.74, 6) is -1.99. The molecule has 6 heteroatoms.